The highest BCUT2D eigenvalue weighted by Gasteiger charge is 2.44. The van der Waals surface area contributed by atoms with Crippen LogP contribution in [-0.2, 0) is 9.53 Å². The lowest BCUT2D eigenvalue weighted by atomic mass is 9.95. The maximum Gasteiger partial charge on any atom is 0.338 e. The Morgan fingerprint density at radius 1 is 1.24 bits per heavy atom. The highest BCUT2D eigenvalue weighted by Crippen LogP contribution is 2.39. The molecule has 2 heterocycles. The molecule has 1 aliphatic carbocycles. The summed E-state index contributed by atoms with van der Waals surface area (Å²) in [7, 11) is 1.34. The third-order valence-electron chi connectivity index (χ3n) is 4.97. The number of hydrogen-bond acceptors (Lipinski definition) is 5. The first-order valence-electron chi connectivity index (χ1n) is 9.37. The molecule has 29 heavy (non-hydrogen) atoms. The van der Waals surface area contributed by atoms with Crippen LogP contribution in [0.3, 0.4) is 0 Å². The Hall–Kier alpha value is -3.00. The van der Waals surface area contributed by atoms with Gasteiger partial charge in [0.15, 0.2) is 6.20 Å². The molecule has 1 atom stereocenters. The van der Waals surface area contributed by atoms with E-state index < -0.39 is 12.0 Å². The number of hydrogen-bond donors (Lipinski definition) is 1. The number of aromatic nitrogens is 1. The minimum absolute atomic E-state index is 0.0668. The first kappa shape index (κ1) is 19.3. The van der Waals surface area contributed by atoms with Crippen LogP contribution in [0.5, 0.6) is 0 Å². The van der Waals surface area contributed by atoms with Crippen molar-refractivity contribution in [2.45, 2.75) is 30.0 Å². The van der Waals surface area contributed by atoms with Gasteiger partial charge < -0.3 is 15.3 Å². The number of nitrogens with one attached hydrogen (secondary N) is 1. The van der Waals surface area contributed by atoms with Gasteiger partial charge in [-0.2, -0.15) is 4.73 Å². The molecular weight excluding hydrogens is 390 g/mol. The summed E-state index contributed by atoms with van der Waals surface area (Å²) in [5.41, 5.74) is 1.81. The molecule has 1 fully saturated rings. The van der Waals surface area contributed by atoms with E-state index >= 15 is 0 Å². The quantitative estimate of drug-likeness (QED) is 0.342. The zero-order chi connectivity index (χ0) is 20.4. The molecule has 2 amide bonds. The zero-order valence-corrected chi connectivity index (χ0v) is 16.7. The van der Waals surface area contributed by atoms with E-state index in [2.05, 4.69) is 5.32 Å². The molecular formula is C21H21N3O4S. The molecule has 0 spiro atoms. The molecule has 8 heteroatoms. The average Bonchev–Trinajstić information content (AvgIpc) is 3.57. The Morgan fingerprint density at radius 3 is 2.62 bits per heavy atom. The Bertz CT molecular complexity index is 959. The number of thioether (sulfide) groups is 1. The second kappa shape index (κ2) is 8.16. The number of esters is 1. The molecule has 1 aromatic heterocycles. The number of carbonyl (C=O) groups is 2. The van der Waals surface area contributed by atoms with E-state index in [1.807, 2.05) is 30.3 Å². The monoisotopic (exact) mass is 411 g/mol. The lowest BCUT2D eigenvalue weighted by Gasteiger charge is -2.36. The Balaban J connectivity index is 1.77. The summed E-state index contributed by atoms with van der Waals surface area (Å²) in [5.74, 6) is -0.174. The van der Waals surface area contributed by atoms with Gasteiger partial charge in [0.2, 0.25) is 0 Å². The van der Waals surface area contributed by atoms with Crippen LogP contribution in [0.4, 0.5) is 4.79 Å². The van der Waals surface area contributed by atoms with Crippen LogP contribution in [0, 0.1) is 5.21 Å². The van der Waals surface area contributed by atoms with Crippen LogP contribution in [0.15, 0.2) is 71.0 Å². The average molecular weight is 411 g/mol. The van der Waals surface area contributed by atoms with Crippen molar-refractivity contribution < 1.29 is 19.1 Å². The number of pyridine rings is 1. The minimum Gasteiger partial charge on any atom is -0.618 e. The molecule has 1 aromatic carbocycles. The summed E-state index contributed by atoms with van der Waals surface area (Å²) in [5, 5.41) is 15.5. The van der Waals surface area contributed by atoms with Gasteiger partial charge in [0, 0.05) is 29.6 Å². The first-order chi connectivity index (χ1) is 14.1. The van der Waals surface area contributed by atoms with Crippen LogP contribution >= 0.6 is 11.8 Å². The molecule has 4 rings (SSSR count). The Labute approximate surface area is 172 Å². The molecule has 0 unspecified atom stereocenters. The summed E-state index contributed by atoms with van der Waals surface area (Å²) in [6.07, 6.45) is 3.20. The highest BCUT2D eigenvalue weighted by atomic mass is 32.2. The number of carbonyl (C=O) groups excluding carboxylic acids is 2. The molecule has 150 valence electrons. The fourth-order valence-corrected chi connectivity index (χ4v) is 4.40. The number of methoxy groups -OCH3 is 1. The maximum atomic E-state index is 13.0. The number of benzene rings is 1. The third-order valence-corrected chi connectivity index (χ3v) is 6.00. The second-order valence-electron chi connectivity index (χ2n) is 6.90. The van der Waals surface area contributed by atoms with Crippen molar-refractivity contribution in [1.29, 1.82) is 0 Å². The van der Waals surface area contributed by atoms with Gasteiger partial charge in [0.05, 0.1) is 18.7 Å². The molecule has 2 aromatic rings. The van der Waals surface area contributed by atoms with Crippen LogP contribution in [0.2, 0.25) is 0 Å². The SMILES string of the molecule is COC(=O)C1=C(CSc2cccc[n+]2[O-])N(C2CC2)C(=O)N[C@H]1c1ccccc1. The van der Waals surface area contributed by atoms with Crippen molar-refractivity contribution in [1.82, 2.24) is 10.2 Å². The molecule has 1 saturated carbocycles. The predicted octanol–water partition coefficient (Wildman–Crippen LogP) is 2.77. The van der Waals surface area contributed by atoms with Gasteiger partial charge in [-0.05, 0) is 36.2 Å². The van der Waals surface area contributed by atoms with Crippen molar-refractivity contribution in [2.75, 3.05) is 12.9 Å². The molecule has 1 N–H and O–H groups in total. The molecule has 0 saturated heterocycles. The topological polar surface area (TPSA) is 85.6 Å². The summed E-state index contributed by atoms with van der Waals surface area (Å²) in [6.45, 7) is 0. The van der Waals surface area contributed by atoms with Crippen molar-refractivity contribution in [2.24, 2.45) is 0 Å². The van der Waals surface area contributed by atoms with E-state index in [0.717, 1.165) is 23.1 Å². The van der Waals surface area contributed by atoms with Gasteiger partial charge in [-0.15, -0.1) is 0 Å². The van der Waals surface area contributed by atoms with Crippen LogP contribution in [0.1, 0.15) is 24.4 Å². The van der Waals surface area contributed by atoms with Gasteiger partial charge in [-0.25, -0.2) is 9.59 Å². The number of rotatable bonds is 6. The second-order valence-corrected chi connectivity index (χ2v) is 7.90. The number of amides is 2. The van der Waals surface area contributed by atoms with Gasteiger partial charge >= 0.3 is 12.0 Å². The third kappa shape index (κ3) is 3.93. The Kier molecular flexibility index (Phi) is 5.44. The number of ether oxygens (including phenoxy) is 1. The summed E-state index contributed by atoms with van der Waals surface area (Å²) >= 11 is 1.30. The molecule has 0 bridgehead atoms. The minimum atomic E-state index is -0.600. The summed E-state index contributed by atoms with van der Waals surface area (Å²) < 4.78 is 5.86. The summed E-state index contributed by atoms with van der Waals surface area (Å²) in [4.78, 5) is 27.4. The number of nitrogens with zero attached hydrogens (tertiary/aromatic N) is 2. The molecule has 1 aliphatic heterocycles. The van der Waals surface area contributed by atoms with E-state index in [4.69, 9.17) is 4.74 Å². The molecule has 0 radical (unpaired) electrons. The van der Waals surface area contributed by atoms with Gasteiger partial charge in [-0.3, -0.25) is 4.90 Å². The van der Waals surface area contributed by atoms with E-state index in [9.17, 15) is 14.8 Å². The fourth-order valence-electron chi connectivity index (χ4n) is 3.46. The predicted molar refractivity (Wildman–Crippen MR) is 108 cm³/mol. The van der Waals surface area contributed by atoms with Crippen LogP contribution in [0.25, 0.3) is 0 Å². The smallest absolute Gasteiger partial charge is 0.338 e. The molecule has 2 aliphatic rings. The van der Waals surface area contributed by atoms with E-state index in [1.54, 1.807) is 23.1 Å². The van der Waals surface area contributed by atoms with Crippen molar-refractivity contribution >= 4 is 23.8 Å². The first-order valence-corrected chi connectivity index (χ1v) is 10.4. The van der Waals surface area contributed by atoms with Crippen molar-refractivity contribution in [3.05, 3.63) is 76.8 Å². The standard InChI is InChI=1S/C21H21N3O4S/c1-28-20(25)18-16(13-29-17-9-5-6-12-23(17)27)24(15-10-11-15)21(26)22-19(18)14-7-3-2-4-8-14/h2-9,12,15,19H,10-11,13H2,1H3,(H,22,26)/t19-/m0/s1. The lowest BCUT2D eigenvalue weighted by Crippen LogP contribution is -2.50. The van der Waals surface area contributed by atoms with Crippen LogP contribution < -0.4 is 10.0 Å². The largest absolute Gasteiger partial charge is 0.618 e. The van der Waals surface area contributed by atoms with Gasteiger partial charge in [0.25, 0.3) is 5.03 Å². The Morgan fingerprint density at radius 2 is 1.97 bits per heavy atom. The maximum absolute atomic E-state index is 13.0. The normalized spacial score (nSPS) is 19.1. The fraction of sp³-hybridized carbons (Fsp3) is 0.286. The van der Waals surface area contributed by atoms with E-state index in [-0.39, 0.29) is 12.1 Å². The van der Waals surface area contributed by atoms with Gasteiger partial charge in [0.1, 0.15) is 0 Å². The molecule has 7 nitrogen and oxygen atoms in total. The van der Waals surface area contributed by atoms with E-state index in [1.165, 1.54) is 25.1 Å². The highest BCUT2D eigenvalue weighted by molar-refractivity contribution is 7.99. The van der Waals surface area contributed by atoms with Crippen molar-refractivity contribution in [3.8, 4) is 0 Å². The lowest BCUT2D eigenvalue weighted by molar-refractivity contribution is -0.645. The zero-order valence-electron chi connectivity index (χ0n) is 15.9. The van der Waals surface area contributed by atoms with Crippen molar-refractivity contribution in [3.63, 3.8) is 0 Å². The van der Waals surface area contributed by atoms with Gasteiger partial charge in [-0.1, -0.05) is 30.3 Å². The summed E-state index contributed by atoms with van der Waals surface area (Å²) in [6, 6.07) is 13.7. The van der Waals surface area contributed by atoms with Crippen LogP contribution in [-0.4, -0.2) is 35.8 Å². The number of urea groups is 1. The van der Waals surface area contributed by atoms with E-state index in [0.29, 0.717) is 22.0 Å².